The second-order valence-corrected chi connectivity index (χ2v) is 4.45. The average Bonchev–Trinajstić information content (AvgIpc) is 2.37. The maximum Gasteiger partial charge on any atom is 0.0553 e. The topological polar surface area (TPSA) is 18.5 Å². The summed E-state index contributed by atoms with van der Waals surface area (Å²) >= 11 is 0. The van der Waals surface area contributed by atoms with Crippen LogP contribution >= 0.6 is 0 Å². The Labute approximate surface area is 105 Å². The summed E-state index contributed by atoms with van der Waals surface area (Å²) in [6.45, 7) is 3.64. The van der Waals surface area contributed by atoms with Gasteiger partial charge in [-0.2, -0.15) is 0 Å². The highest BCUT2D eigenvalue weighted by Crippen LogP contribution is 2.18. The van der Waals surface area contributed by atoms with Crippen LogP contribution in [-0.2, 0) is 15.9 Å². The second-order valence-electron chi connectivity index (χ2n) is 4.45. The Kier molecular flexibility index (Phi) is 6.90. The predicted octanol–water partition coefficient (Wildman–Crippen LogP) is 3.41. The van der Waals surface area contributed by atoms with Crippen LogP contribution in [0.1, 0.15) is 36.8 Å². The third-order valence-corrected chi connectivity index (χ3v) is 3.01. The van der Waals surface area contributed by atoms with Gasteiger partial charge in [-0.1, -0.05) is 37.6 Å². The van der Waals surface area contributed by atoms with Crippen LogP contribution in [0, 0.1) is 0 Å². The lowest BCUT2D eigenvalue weighted by Gasteiger charge is -2.15. The summed E-state index contributed by atoms with van der Waals surface area (Å²) < 4.78 is 10.5. The number of benzene rings is 1. The number of methoxy groups -OCH3 is 2. The smallest absolute Gasteiger partial charge is 0.0553 e. The summed E-state index contributed by atoms with van der Waals surface area (Å²) in [4.78, 5) is 0. The van der Waals surface area contributed by atoms with Gasteiger partial charge in [-0.15, -0.1) is 0 Å². The van der Waals surface area contributed by atoms with E-state index in [0.29, 0.717) is 19.1 Å². The van der Waals surface area contributed by atoms with Crippen molar-refractivity contribution >= 4 is 0 Å². The second kappa shape index (κ2) is 8.26. The first-order valence-electron chi connectivity index (χ1n) is 6.38. The molecule has 0 unspecified atom stereocenters. The monoisotopic (exact) mass is 236 g/mol. The van der Waals surface area contributed by atoms with Gasteiger partial charge in [-0.25, -0.2) is 0 Å². The van der Waals surface area contributed by atoms with Crippen molar-refractivity contribution in [3.05, 3.63) is 35.4 Å². The zero-order valence-corrected chi connectivity index (χ0v) is 11.2. The van der Waals surface area contributed by atoms with E-state index in [0.717, 1.165) is 0 Å². The zero-order chi connectivity index (χ0) is 12.5. The quantitative estimate of drug-likeness (QED) is 0.688. The lowest BCUT2D eigenvalue weighted by molar-refractivity contribution is 0.117. The Balaban J connectivity index is 2.63. The lowest BCUT2D eigenvalue weighted by Crippen LogP contribution is -2.12. The molecule has 0 saturated carbocycles. The molecule has 0 atom stereocenters. The van der Waals surface area contributed by atoms with Gasteiger partial charge < -0.3 is 9.47 Å². The van der Waals surface area contributed by atoms with E-state index < -0.39 is 0 Å². The fourth-order valence-electron chi connectivity index (χ4n) is 1.98. The van der Waals surface area contributed by atoms with Gasteiger partial charge in [0.1, 0.15) is 0 Å². The Hall–Kier alpha value is -0.860. The number of ether oxygens (including phenoxy) is 2. The molecule has 96 valence electrons. The van der Waals surface area contributed by atoms with E-state index in [1.807, 2.05) is 0 Å². The molecular formula is C15H24O2. The van der Waals surface area contributed by atoms with Crippen molar-refractivity contribution in [2.75, 3.05) is 27.4 Å². The molecule has 17 heavy (non-hydrogen) atoms. The summed E-state index contributed by atoms with van der Waals surface area (Å²) in [6, 6.07) is 8.86. The Morgan fingerprint density at radius 2 is 1.59 bits per heavy atom. The van der Waals surface area contributed by atoms with Gasteiger partial charge in [0.25, 0.3) is 0 Å². The van der Waals surface area contributed by atoms with Crippen molar-refractivity contribution in [2.45, 2.75) is 32.1 Å². The third-order valence-electron chi connectivity index (χ3n) is 3.01. The molecule has 0 radical (unpaired) electrons. The third kappa shape index (κ3) is 4.88. The molecule has 0 aliphatic heterocycles. The highest BCUT2D eigenvalue weighted by molar-refractivity contribution is 5.25. The first-order chi connectivity index (χ1) is 8.31. The van der Waals surface area contributed by atoms with Gasteiger partial charge in [0.05, 0.1) is 13.2 Å². The summed E-state index contributed by atoms with van der Waals surface area (Å²) in [5, 5.41) is 0. The van der Waals surface area contributed by atoms with E-state index in [4.69, 9.17) is 9.47 Å². The summed E-state index contributed by atoms with van der Waals surface area (Å²) in [5.74, 6) is 0.338. The molecule has 0 aliphatic carbocycles. The molecule has 0 aliphatic rings. The molecule has 1 aromatic rings. The van der Waals surface area contributed by atoms with Crippen LogP contribution in [0.25, 0.3) is 0 Å². The van der Waals surface area contributed by atoms with Crippen LogP contribution in [0.4, 0.5) is 0 Å². The van der Waals surface area contributed by atoms with Gasteiger partial charge in [0.15, 0.2) is 0 Å². The van der Waals surface area contributed by atoms with E-state index >= 15 is 0 Å². The highest BCUT2D eigenvalue weighted by Gasteiger charge is 2.10. The molecule has 1 aromatic carbocycles. The summed E-state index contributed by atoms with van der Waals surface area (Å²) in [7, 11) is 3.47. The Morgan fingerprint density at radius 3 is 2.06 bits per heavy atom. The van der Waals surface area contributed by atoms with E-state index in [1.165, 1.54) is 30.4 Å². The van der Waals surface area contributed by atoms with E-state index in [1.54, 1.807) is 14.2 Å². The van der Waals surface area contributed by atoms with Crippen LogP contribution < -0.4 is 0 Å². The summed E-state index contributed by atoms with van der Waals surface area (Å²) in [6.07, 6.45) is 3.69. The number of unbranched alkanes of at least 4 members (excludes halogenated alkanes) is 1. The number of aryl methyl sites for hydroxylation is 1. The SMILES string of the molecule is CCCCc1ccc(C(COC)COC)cc1. The molecule has 0 aromatic heterocycles. The number of hydrogen-bond donors (Lipinski definition) is 0. The highest BCUT2D eigenvalue weighted by atomic mass is 16.5. The molecule has 0 bridgehead atoms. The first-order valence-corrected chi connectivity index (χ1v) is 6.38. The largest absolute Gasteiger partial charge is 0.384 e. The van der Waals surface area contributed by atoms with Crippen LogP contribution in [0.5, 0.6) is 0 Å². The van der Waals surface area contributed by atoms with Crippen molar-refractivity contribution in [3.63, 3.8) is 0 Å². The molecule has 0 amide bonds. The van der Waals surface area contributed by atoms with E-state index in [9.17, 15) is 0 Å². The predicted molar refractivity (Wildman–Crippen MR) is 71.5 cm³/mol. The molecule has 1 rings (SSSR count). The zero-order valence-electron chi connectivity index (χ0n) is 11.2. The van der Waals surface area contributed by atoms with E-state index in [2.05, 4.69) is 31.2 Å². The minimum Gasteiger partial charge on any atom is -0.384 e. The van der Waals surface area contributed by atoms with Crippen LogP contribution in [0.15, 0.2) is 24.3 Å². The minimum atomic E-state index is 0.338. The lowest BCUT2D eigenvalue weighted by atomic mass is 9.98. The molecule has 0 saturated heterocycles. The van der Waals surface area contributed by atoms with Crippen LogP contribution in [0.3, 0.4) is 0 Å². The standard InChI is InChI=1S/C15H24O2/c1-4-5-6-13-7-9-14(10-8-13)15(11-16-2)12-17-3/h7-10,15H,4-6,11-12H2,1-3H3. The molecule has 2 nitrogen and oxygen atoms in total. The molecule has 2 heteroatoms. The van der Waals surface area contributed by atoms with Gasteiger partial charge in [0, 0.05) is 20.1 Å². The Morgan fingerprint density at radius 1 is 1.00 bits per heavy atom. The van der Waals surface area contributed by atoms with E-state index in [-0.39, 0.29) is 0 Å². The van der Waals surface area contributed by atoms with Crippen LogP contribution in [-0.4, -0.2) is 27.4 Å². The fraction of sp³-hybridized carbons (Fsp3) is 0.600. The fourth-order valence-corrected chi connectivity index (χ4v) is 1.98. The number of hydrogen-bond acceptors (Lipinski definition) is 2. The number of rotatable bonds is 8. The van der Waals surface area contributed by atoms with Gasteiger partial charge in [0.2, 0.25) is 0 Å². The molecule has 0 spiro atoms. The van der Waals surface area contributed by atoms with Crippen LogP contribution in [0.2, 0.25) is 0 Å². The minimum absolute atomic E-state index is 0.338. The summed E-state index contributed by atoms with van der Waals surface area (Å²) in [5.41, 5.74) is 2.72. The molecular weight excluding hydrogens is 212 g/mol. The van der Waals surface area contributed by atoms with Gasteiger partial charge in [-0.05, 0) is 24.0 Å². The van der Waals surface area contributed by atoms with Crippen molar-refractivity contribution in [1.82, 2.24) is 0 Å². The molecule has 0 heterocycles. The van der Waals surface area contributed by atoms with Gasteiger partial charge >= 0.3 is 0 Å². The Bertz CT molecular complexity index is 286. The maximum absolute atomic E-state index is 5.23. The normalized spacial score (nSPS) is 11.1. The van der Waals surface area contributed by atoms with Crippen molar-refractivity contribution < 1.29 is 9.47 Å². The first kappa shape index (κ1) is 14.2. The maximum atomic E-state index is 5.23. The molecule has 0 fully saturated rings. The average molecular weight is 236 g/mol. The van der Waals surface area contributed by atoms with Crippen molar-refractivity contribution in [2.24, 2.45) is 0 Å². The van der Waals surface area contributed by atoms with Gasteiger partial charge in [-0.3, -0.25) is 0 Å². The van der Waals surface area contributed by atoms with Crippen molar-refractivity contribution in [3.8, 4) is 0 Å². The molecule has 0 N–H and O–H groups in total. The van der Waals surface area contributed by atoms with Crippen molar-refractivity contribution in [1.29, 1.82) is 0 Å².